The van der Waals surface area contributed by atoms with Crippen molar-refractivity contribution < 1.29 is 0 Å². The van der Waals surface area contributed by atoms with Gasteiger partial charge < -0.3 is 5.32 Å². The van der Waals surface area contributed by atoms with Crippen molar-refractivity contribution in [2.75, 3.05) is 6.54 Å². The van der Waals surface area contributed by atoms with Crippen molar-refractivity contribution >= 4 is 0 Å². The van der Waals surface area contributed by atoms with Gasteiger partial charge in [0.15, 0.2) is 0 Å². The van der Waals surface area contributed by atoms with Crippen molar-refractivity contribution in [3.05, 3.63) is 11.8 Å². The Labute approximate surface area is 63.5 Å². The van der Waals surface area contributed by atoms with Crippen LogP contribution in [0.2, 0.25) is 0 Å². The van der Waals surface area contributed by atoms with E-state index in [0.717, 1.165) is 5.92 Å². The van der Waals surface area contributed by atoms with E-state index in [0.29, 0.717) is 0 Å². The van der Waals surface area contributed by atoms with E-state index in [4.69, 9.17) is 0 Å². The molecule has 58 valence electrons. The van der Waals surface area contributed by atoms with Crippen molar-refractivity contribution in [3.63, 3.8) is 0 Å². The Bertz CT molecular complexity index is 127. The molecule has 1 rings (SSSR count). The highest BCUT2D eigenvalue weighted by Gasteiger charge is 2.11. The normalized spacial score (nSPS) is 24.2. The summed E-state index contributed by atoms with van der Waals surface area (Å²) in [5, 5.41) is 3.42. The minimum atomic E-state index is 0.807. The standard InChI is InChI=1S/C9H17N/c1-3-5-9-6-8(4-2)7-10-9/h6,8,10H,3-5,7H2,1-2H3. The van der Waals surface area contributed by atoms with Crippen molar-refractivity contribution in [1.82, 2.24) is 5.32 Å². The SMILES string of the molecule is CCCC1=CC(CC)CN1. The Kier molecular flexibility index (Phi) is 2.79. The van der Waals surface area contributed by atoms with Gasteiger partial charge in [-0.05, 0) is 18.8 Å². The van der Waals surface area contributed by atoms with Gasteiger partial charge in [-0.15, -0.1) is 0 Å². The molecular formula is C9H17N. The first-order valence-corrected chi connectivity index (χ1v) is 4.31. The van der Waals surface area contributed by atoms with E-state index in [2.05, 4.69) is 25.2 Å². The van der Waals surface area contributed by atoms with Gasteiger partial charge in [-0.1, -0.05) is 26.3 Å². The van der Waals surface area contributed by atoms with Crippen molar-refractivity contribution in [2.45, 2.75) is 33.1 Å². The smallest absolute Gasteiger partial charge is 0.0207 e. The molecule has 1 atom stereocenters. The maximum absolute atomic E-state index is 3.42. The second kappa shape index (κ2) is 3.65. The Hall–Kier alpha value is -0.460. The van der Waals surface area contributed by atoms with E-state index in [1.165, 1.54) is 31.5 Å². The summed E-state index contributed by atoms with van der Waals surface area (Å²) in [7, 11) is 0. The lowest BCUT2D eigenvalue weighted by atomic mass is 10.1. The summed E-state index contributed by atoms with van der Waals surface area (Å²) in [5.41, 5.74) is 1.47. The maximum atomic E-state index is 3.42. The van der Waals surface area contributed by atoms with Crippen LogP contribution in [-0.2, 0) is 0 Å². The van der Waals surface area contributed by atoms with Gasteiger partial charge >= 0.3 is 0 Å². The average Bonchev–Trinajstić information content (AvgIpc) is 2.37. The molecule has 0 aromatic rings. The number of nitrogens with one attached hydrogen (secondary N) is 1. The molecule has 0 bridgehead atoms. The third-order valence-electron chi connectivity index (χ3n) is 2.07. The summed E-state index contributed by atoms with van der Waals surface area (Å²) >= 11 is 0. The van der Waals surface area contributed by atoms with Crippen LogP contribution in [0.15, 0.2) is 11.8 Å². The highest BCUT2D eigenvalue weighted by molar-refractivity contribution is 5.08. The van der Waals surface area contributed by atoms with Gasteiger partial charge in [0.05, 0.1) is 0 Å². The molecule has 1 aliphatic heterocycles. The molecule has 1 nitrogen and oxygen atoms in total. The molecule has 0 spiro atoms. The van der Waals surface area contributed by atoms with Gasteiger partial charge in [0.25, 0.3) is 0 Å². The minimum absolute atomic E-state index is 0.807. The lowest BCUT2D eigenvalue weighted by Gasteiger charge is -2.00. The van der Waals surface area contributed by atoms with E-state index in [1.54, 1.807) is 0 Å². The largest absolute Gasteiger partial charge is 0.388 e. The monoisotopic (exact) mass is 139 g/mol. The molecule has 1 unspecified atom stereocenters. The van der Waals surface area contributed by atoms with Gasteiger partial charge in [-0.3, -0.25) is 0 Å². The average molecular weight is 139 g/mol. The number of hydrogen-bond acceptors (Lipinski definition) is 1. The van der Waals surface area contributed by atoms with Gasteiger partial charge in [0, 0.05) is 12.2 Å². The van der Waals surface area contributed by atoms with Gasteiger partial charge in [0.1, 0.15) is 0 Å². The van der Waals surface area contributed by atoms with Gasteiger partial charge in [-0.25, -0.2) is 0 Å². The molecule has 0 saturated heterocycles. The molecule has 0 aromatic carbocycles. The molecule has 0 aliphatic carbocycles. The molecule has 1 N–H and O–H groups in total. The fourth-order valence-electron chi connectivity index (χ4n) is 1.37. The number of rotatable bonds is 3. The summed E-state index contributed by atoms with van der Waals surface area (Å²) in [6.45, 7) is 5.64. The summed E-state index contributed by atoms with van der Waals surface area (Å²) in [6.07, 6.45) is 6.16. The van der Waals surface area contributed by atoms with Crippen molar-refractivity contribution in [3.8, 4) is 0 Å². The van der Waals surface area contributed by atoms with Crippen molar-refractivity contribution in [2.24, 2.45) is 5.92 Å². The number of allylic oxidation sites excluding steroid dienone is 1. The second-order valence-electron chi connectivity index (χ2n) is 2.99. The van der Waals surface area contributed by atoms with E-state index in [-0.39, 0.29) is 0 Å². The van der Waals surface area contributed by atoms with Crippen LogP contribution < -0.4 is 5.32 Å². The fourth-order valence-corrected chi connectivity index (χ4v) is 1.37. The van der Waals surface area contributed by atoms with E-state index < -0.39 is 0 Å². The first-order valence-electron chi connectivity index (χ1n) is 4.31. The summed E-state index contributed by atoms with van der Waals surface area (Å²) < 4.78 is 0. The van der Waals surface area contributed by atoms with E-state index in [1.807, 2.05) is 0 Å². The Morgan fingerprint density at radius 3 is 2.90 bits per heavy atom. The third kappa shape index (κ3) is 1.76. The van der Waals surface area contributed by atoms with Crippen LogP contribution in [0.1, 0.15) is 33.1 Å². The highest BCUT2D eigenvalue weighted by atomic mass is 14.9. The predicted molar refractivity (Wildman–Crippen MR) is 44.8 cm³/mol. The highest BCUT2D eigenvalue weighted by Crippen LogP contribution is 2.15. The molecule has 10 heavy (non-hydrogen) atoms. The van der Waals surface area contributed by atoms with Crippen LogP contribution in [0.3, 0.4) is 0 Å². The molecule has 1 heteroatoms. The zero-order valence-electron chi connectivity index (χ0n) is 6.98. The van der Waals surface area contributed by atoms with E-state index >= 15 is 0 Å². The Morgan fingerprint density at radius 2 is 2.40 bits per heavy atom. The third-order valence-corrected chi connectivity index (χ3v) is 2.07. The summed E-state index contributed by atoms with van der Waals surface area (Å²) in [6, 6.07) is 0. The van der Waals surface area contributed by atoms with Crippen LogP contribution >= 0.6 is 0 Å². The first-order chi connectivity index (χ1) is 4.86. The second-order valence-corrected chi connectivity index (χ2v) is 2.99. The predicted octanol–water partition coefficient (Wildman–Crippen LogP) is 2.30. The quantitative estimate of drug-likeness (QED) is 0.632. The fraction of sp³-hybridized carbons (Fsp3) is 0.778. The molecule has 0 aromatic heterocycles. The molecule has 0 saturated carbocycles. The van der Waals surface area contributed by atoms with Crippen LogP contribution in [0.5, 0.6) is 0 Å². The van der Waals surface area contributed by atoms with Crippen LogP contribution in [0.4, 0.5) is 0 Å². The van der Waals surface area contributed by atoms with Gasteiger partial charge in [0.2, 0.25) is 0 Å². The molecule has 1 aliphatic rings. The Balaban J connectivity index is 2.33. The molecule has 0 radical (unpaired) electrons. The lowest BCUT2D eigenvalue weighted by molar-refractivity contribution is 0.627. The minimum Gasteiger partial charge on any atom is -0.388 e. The maximum Gasteiger partial charge on any atom is 0.0207 e. The molecule has 0 fully saturated rings. The van der Waals surface area contributed by atoms with Gasteiger partial charge in [-0.2, -0.15) is 0 Å². The van der Waals surface area contributed by atoms with Crippen LogP contribution in [-0.4, -0.2) is 6.54 Å². The van der Waals surface area contributed by atoms with Crippen molar-refractivity contribution in [1.29, 1.82) is 0 Å². The summed E-state index contributed by atoms with van der Waals surface area (Å²) in [5.74, 6) is 0.807. The van der Waals surface area contributed by atoms with E-state index in [9.17, 15) is 0 Å². The topological polar surface area (TPSA) is 12.0 Å². The molecule has 1 heterocycles. The molecule has 0 amide bonds. The zero-order valence-corrected chi connectivity index (χ0v) is 6.98. The zero-order chi connectivity index (χ0) is 7.40. The van der Waals surface area contributed by atoms with Crippen LogP contribution in [0, 0.1) is 5.92 Å². The summed E-state index contributed by atoms with van der Waals surface area (Å²) in [4.78, 5) is 0. The molecular weight excluding hydrogens is 122 g/mol. The Morgan fingerprint density at radius 1 is 1.60 bits per heavy atom. The number of hydrogen-bond donors (Lipinski definition) is 1. The first kappa shape index (κ1) is 7.64. The lowest BCUT2D eigenvalue weighted by Crippen LogP contribution is -2.11. The van der Waals surface area contributed by atoms with Crippen LogP contribution in [0.25, 0.3) is 0 Å².